The lowest BCUT2D eigenvalue weighted by atomic mass is 9.85. The zero-order valence-corrected chi connectivity index (χ0v) is 25.1. The first-order valence-electron chi connectivity index (χ1n) is 15.0. The van der Waals surface area contributed by atoms with Crippen molar-refractivity contribution in [1.82, 2.24) is 4.90 Å². The maximum Gasteiger partial charge on any atom is 0.142 e. The van der Waals surface area contributed by atoms with Crippen molar-refractivity contribution in [2.45, 2.75) is 124 Å². The maximum atomic E-state index is 9.05. The number of ether oxygens (including phenoxy) is 2. The Morgan fingerprint density at radius 3 is 2.39 bits per heavy atom. The molecule has 0 saturated carbocycles. The molecule has 2 heterocycles. The molecule has 212 valence electrons. The van der Waals surface area contributed by atoms with Crippen LogP contribution in [0.1, 0.15) is 116 Å². The van der Waals surface area contributed by atoms with Crippen LogP contribution in [0.15, 0.2) is 41.0 Å². The molecule has 0 saturated heterocycles. The number of aliphatic hydroxyl groups is 1. The summed E-state index contributed by atoms with van der Waals surface area (Å²) in [6.45, 7) is 16.2. The number of hydrogen-bond acceptors (Lipinski definition) is 4. The van der Waals surface area contributed by atoms with Crippen molar-refractivity contribution in [2.75, 3.05) is 19.9 Å². The van der Waals surface area contributed by atoms with Crippen LogP contribution in [0.2, 0.25) is 0 Å². The third-order valence-electron chi connectivity index (χ3n) is 8.10. The number of nitrogens with zero attached hydrogens (tertiary/aromatic N) is 1. The van der Waals surface area contributed by atoms with Crippen molar-refractivity contribution < 1.29 is 14.6 Å². The molecule has 0 amide bonds. The Morgan fingerprint density at radius 1 is 0.974 bits per heavy atom. The molecule has 0 radical (unpaired) electrons. The van der Waals surface area contributed by atoms with Crippen LogP contribution in [0.5, 0.6) is 11.5 Å². The van der Waals surface area contributed by atoms with Crippen LogP contribution in [0.3, 0.4) is 0 Å². The van der Waals surface area contributed by atoms with E-state index in [-0.39, 0.29) is 12.2 Å². The van der Waals surface area contributed by atoms with E-state index in [2.05, 4.69) is 70.7 Å². The minimum absolute atomic E-state index is 0.121. The molecule has 1 aromatic carbocycles. The molecule has 4 heteroatoms. The van der Waals surface area contributed by atoms with Crippen molar-refractivity contribution in [2.24, 2.45) is 0 Å². The van der Waals surface area contributed by atoms with Gasteiger partial charge in [-0.25, -0.2) is 0 Å². The molecular weight excluding hydrogens is 470 g/mol. The van der Waals surface area contributed by atoms with Crippen LogP contribution in [0.4, 0.5) is 0 Å². The number of fused-ring (bicyclic) bond motifs is 3. The van der Waals surface area contributed by atoms with Gasteiger partial charge in [-0.05, 0) is 124 Å². The van der Waals surface area contributed by atoms with E-state index < -0.39 is 0 Å². The number of hydrogen-bond donors (Lipinski definition) is 1. The summed E-state index contributed by atoms with van der Waals surface area (Å²) in [5.74, 6) is 2.14. The fourth-order valence-corrected chi connectivity index (χ4v) is 5.61. The summed E-state index contributed by atoms with van der Waals surface area (Å²) in [6.07, 6.45) is 19.0. The van der Waals surface area contributed by atoms with Gasteiger partial charge in [-0.1, -0.05) is 34.9 Å². The van der Waals surface area contributed by atoms with E-state index in [4.69, 9.17) is 14.6 Å². The van der Waals surface area contributed by atoms with E-state index >= 15 is 0 Å². The Kier molecular flexibility index (Phi) is 12.0. The highest BCUT2D eigenvalue weighted by Crippen LogP contribution is 2.44. The monoisotopic (exact) mass is 523 g/mol. The number of benzene rings is 1. The average Bonchev–Trinajstić information content (AvgIpc) is 2.87. The van der Waals surface area contributed by atoms with E-state index in [0.717, 1.165) is 88.8 Å². The van der Waals surface area contributed by atoms with Gasteiger partial charge in [0.25, 0.3) is 0 Å². The topological polar surface area (TPSA) is 41.9 Å². The van der Waals surface area contributed by atoms with Crippen molar-refractivity contribution >= 4 is 0 Å². The average molecular weight is 524 g/mol. The first-order valence-corrected chi connectivity index (χ1v) is 15.0. The fourth-order valence-electron chi connectivity index (χ4n) is 5.61. The Labute approximate surface area is 232 Å². The van der Waals surface area contributed by atoms with Crippen LogP contribution < -0.4 is 9.47 Å². The summed E-state index contributed by atoms with van der Waals surface area (Å²) in [5.41, 5.74) is 8.15. The zero-order chi connectivity index (χ0) is 27.5. The molecule has 0 spiro atoms. The molecule has 4 nitrogen and oxygen atoms in total. The van der Waals surface area contributed by atoms with Crippen LogP contribution in [0.25, 0.3) is 0 Å². The number of aryl methyl sites for hydroxylation is 1. The quantitative estimate of drug-likeness (QED) is 0.196. The third-order valence-corrected chi connectivity index (χ3v) is 8.10. The van der Waals surface area contributed by atoms with Gasteiger partial charge in [0.15, 0.2) is 0 Å². The summed E-state index contributed by atoms with van der Waals surface area (Å²) in [7, 11) is 0. The van der Waals surface area contributed by atoms with Crippen LogP contribution in [-0.2, 0) is 13.0 Å². The van der Waals surface area contributed by atoms with Crippen molar-refractivity contribution in [1.29, 1.82) is 0 Å². The third kappa shape index (κ3) is 9.31. The molecular formula is C34H53NO3. The molecule has 0 aromatic heterocycles. The zero-order valence-electron chi connectivity index (χ0n) is 25.1. The Balaban J connectivity index is 1.52. The van der Waals surface area contributed by atoms with Gasteiger partial charge in [0, 0.05) is 30.8 Å². The second-order valence-electron chi connectivity index (χ2n) is 12.1. The van der Waals surface area contributed by atoms with Crippen LogP contribution in [-0.4, -0.2) is 35.5 Å². The molecule has 1 N–H and O–H groups in total. The number of rotatable bonds is 14. The smallest absolute Gasteiger partial charge is 0.142 e. The minimum atomic E-state index is -0.121. The highest BCUT2D eigenvalue weighted by molar-refractivity contribution is 5.55. The van der Waals surface area contributed by atoms with Crippen molar-refractivity contribution in [3.63, 3.8) is 0 Å². The summed E-state index contributed by atoms with van der Waals surface area (Å²) in [6, 6.07) is 2.18. The van der Waals surface area contributed by atoms with Gasteiger partial charge in [0.1, 0.15) is 23.8 Å². The largest absolute Gasteiger partial charge is 0.487 e. The summed E-state index contributed by atoms with van der Waals surface area (Å²) in [5, 5.41) is 9.05. The fraction of sp³-hybridized carbons (Fsp3) is 0.647. The second-order valence-corrected chi connectivity index (χ2v) is 12.1. The lowest BCUT2D eigenvalue weighted by molar-refractivity contribution is 0.0524. The van der Waals surface area contributed by atoms with Crippen molar-refractivity contribution in [3.8, 4) is 11.5 Å². The van der Waals surface area contributed by atoms with Gasteiger partial charge in [0.2, 0.25) is 0 Å². The number of aliphatic hydroxyl groups excluding tert-OH is 1. The first kappa shape index (κ1) is 30.5. The van der Waals surface area contributed by atoms with E-state index in [1.165, 1.54) is 39.8 Å². The summed E-state index contributed by atoms with van der Waals surface area (Å²) in [4.78, 5) is 2.39. The minimum Gasteiger partial charge on any atom is -0.487 e. The summed E-state index contributed by atoms with van der Waals surface area (Å²) >= 11 is 0. The molecule has 38 heavy (non-hydrogen) atoms. The molecule has 0 bridgehead atoms. The molecule has 2 aliphatic heterocycles. The Hall–Kier alpha value is -2.04. The first-order chi connectivity index (χ1) is 18.2. The van der Waals surface area contributed by atoms with Gasteiger partial charge in [-0.3, -0.25) is 4.90 Å². The van der Waals surface area contributed by atoms with E-state index in [0.29, 0.717) is 6.73 Å². The Bertz CT molecular complexity index is 1000. The van der Waals surface area contributed by atoms with E-state index in [1.807, 2.05) is 0 Å². The second kappa shape index (κ2) is 14.9. The van der Waals surface area contributed by atoms with Crippen LogP contribution >= 0.6 is 0 Å². The molecule has 0 unspecified atom stereocenters. The highest BCUT2D eigenvalue weighted by Gasteiger charge is 2.35. The normalized spacial score (nSPS) is 19.9. The van der Waals surface area contributed by atoms with Gasteiger partial charge < -0.3 is 14.6 Å². The summed E-state index contributed by atoms with van der Waals surface area (Å²) < 4.78 is 12.9. The number of unbranched alkanes of at least 4 members (excludes halogenated alkanes) is 2. The van der Waals surface area contributed by atoms with Crippen LogP contribution in [0, 0.1) is 6.92 Å². The Morgan fingerprint density at radius 2 is 1.68 bits per heavy atom. The molecule has 1 atom stereocenters. The predicted molar refractivity (Wildman–Crippen MR) is 160 cm³/mol. The highest BCUT2D eigenvalue weighted by atomic mass is 16.5. The lowest BCUT2D eigenvalue weighted by Crippen LogP contribution is -2.38. The number of allylic oxidation sites excluding steroid dienone is 6. The van der Waals surface area contributed by atoms with E-state index in [9.17, 15) is 0 Å². The molecule has 0 aliphatic carbocycles. The van der Waals surface area contributed by atoms with E-state index in [1.54, 1.807) is 0 Å². The maximum absolute atomic E-state index is 9.05. The molecule has 1 aromatic rings. The standard InChI is InChI=1S/C34H53NO3/c1-26(2)13-10-14-27(3)15-11-16-28(4)17-12-19-34(6)20-18-30-31-24-35(21-8-7-9-22-36)25-37-32(31)23-29(5)33(30)38-34/h13,15,17,23,36H,7-12,14,16,18-22,24-25H2,1-6H3/t34-/m1/s1. The SMILES string of the molecule is CC(C)=CCCC(C)=CCCC(C)=CCC[C@]1(C)CCc2c3c(cc(C)c2O1)OCN(CCCCCO)C3. The lowest BCUT2D eigenvalue weighted by Gasteiger charge is -2.39. The predicted octanol–water partition coefficient (Wildman–Crippen LogP) is 8.59. The van der Waals surface area contributed by atoms with Gasteiger partial charge in [-0.2, -0.15) is 0 Å². The molecule has 2 aliphatic rings. The molecule has 0 fully saturated rings. The van der Waals surface area contributed by atoms with Gasteiger partial charge >= 0.3 is 0 Å². The van der Waals surface area contributed by atoms with Gasteiger partial charge in [-0.15, -0.1) is 0 Å². The van der Waals surface area contributed by atoms with Gasteiger partial charge in [0.05, 0.1) is 0 Å². The van der Waals surface area contributed by atoms with Crippen molar-refractivity contribution in [3.05, 3.63) is 57.7 Å². The molecule has 3 rings (SSSR count).